The zero-order chi connectivity index (χ0) is 28.5. The van der Waals surface area contributed by atoms with E-state index in [0.717, 1.165) is 61.3 Å². The molecule has 1 saturated heterocycles. The molecule has 2 aliphatic rings. The maximum atomic E-state index is 12.3. The van der Waals surface area contributed by atoms with Gasteiger partial charge in [-0.2, -0.15) is 5.10 Å². The lowest BCUT2D eigenvalue weighted by molar-refractivity contribution is -0.127. The Morgan fingerprint density at radius 3 is 2.78 bits per heavy atom. The SMILES string of the molecule is C=CC(=O)N1CCCC(n2nc(-c3ccc(CN4CCc5cc(OCC)ccc5C4C)cc3)c3c(N)ncnc32)C1. The van der Waals surface area contributed by atoms with Gasteiger partial charge in [-0.3, -0.25) is 9.69 Å². The lowest BCUT2D eigenvalue weighted by atomic mass is 9.93. The van der Waals surface area contributed by atoms with Crippen LogP contribution >= 0.6 is 0 Å². The summed E-state index contributed by atoms with van der Waals surface area (Å²) in [5.74, 6) is 1.30. The number of hydrogen-bond acceptors (Lipinski definition) is 7. The molecule has 41 heavy (non-hydrogen) atoms. The van der Waals surface area contributed by atoms with Crippen molar-refractivity contribution in [3.63, 3.8) is 0 Å². The van der Waals surface area contributed by atoms with Gasteiger partial charge in [-0.25, -0.2) is 14.6 Å². The van der Waals surface area contributed by atoms with Crippen LogP contribution in [-0.2, 0) is 17.8 Å². The quantitative estimate of drug-likeness (QED) is 0.325. The topological polar surface area (TPSA) is 102 Å². The Balaban J connectivity index is 1.24. The van der Waals surface area contributed by atoms with Crippen molar-refractivity contribution in [1.29, 1.82) is 0 Å². The van der Waals surface area contributed by atoms with Gasteiger partial charge >= 0.3 is 0 Å². The van der Waals surface area contributed by atoms with Crippen LogP contribution in [0.5, 0.6) is 5.75 Å². The van der Waals surface area contributed by atoms with Gasteiger partial charge in [0.2, 0.25) is 5.91 Å². The molecular weight excluding hydrogens is 514 g/mol. The smallest absolute Gasteiger partial charge is 0.246 e. The number of nitrogens with two attached hydrogens (primary N) is 1. The summed E-state index contributed by atoms with van der Waals surface area (Å²) < 4.78 is 7.64. The van der Waals surface area contributed by atoms with E-state index in [1.165, 1.54) is 29.1 Å². The number of piperidine rings is 1. The first-order valence-corrected chi connectivity index (χ1v) is 14.5. The number of likely N-dealkylation sites (tertiary alicyclic amines) is 1. The summed E-state index contributed by atoms with van der Waals surface area (Å²) in [5, 5.41) is 5.77. The van der Waals surface area contributed by atoms with Crippen molar-refractivity contribution < 1.29 is 9.53 Å². The number of fused-ring (bicyclic) bond motifs is 2. The first-order chi connectivity index (χ1) is 20.0. The fourth-order valence-electron chi connectivity index (χ4n) is 6.27. The predicted octanol–water partition coefficient (Wildman–Crippen LogP) is 4.94. The van der Waals surface area contributed by atoms with Gasteiger partial charge in [0.1, 0.15) is 23.6 Å². The van der Waals surface area contributed by atoms with Crippen LogP contribution in [0, 0.1) is 0 Å². The normalized spacial score (nSPS) is 19.2. The molecule has 1 fully saturated rings. The first-order valence-electron chi connectivity index (χ1n) is 14.5. The van der Waals surface area contributed by atoms with Crippen LogP contribution in [0.25, 0.3) is 22.3 Å². The van der Waals surface area contributed by atoms with E-state index < -0.39 is 0 Å². The number of carbonyl (C=O) groups excluding carboxylic acids is 1. The molecule has 6 rings (SSSR count). The number of benzene rings is 2. The molecule has 1 amide bonds. The molecule has 0 bridgehead atoms. The van der Waals surface area contributed by atoms with Crippen molar-refractivity contribution in [2.24, 2.45) is 0 Å². The number of ether oxygens (including phenoxy) is 1. The molecule has 0 aliphatic carbocycles. The number of carbonyl (C=O) groups is 1. The summed E-state index contributed by atoms with van der Waals surface area (Å²) in [6.45, 7) is 11.8. The summed E-state index contributed by atoms with van der Waals surface area (Å²) in [6.07, 6.45) is 5.66. The number of anilines is 1. The molecule has 9 heteroatoms. The average Bonchev–Trinajstić information content (AvgIpc) is 3.40. The molecule has 0 spiro atoms. The Labute approximate surface area is 240 Å². The highest BCUT2D eigenvalue weighted by Crippen LogP contribution is 2.35. The van der Waals surface area contributed by atoms with E-state index in [9.17, 15) is 4.79 Å². The van der Waals surface area contributed by atoms with Crippen molar-refractivity contribution in [3.8, 4) is 17.0 Å². The van der Waals surface area contributed by atoms with Crippen LogP contribution in [0.4, 0.5) is 5.82 Å². The second-order valence-corrected chi connectivity index (χ2v) is 10.9. The Kier molecular flexibility index (Phi) is 7.45. The highest BCUT2D eigenvalue weighted by molar-refractivity contribution is 5.98. The van der Waals surface area contributed by atoms with Crippen LogP contribution in [0.3, 0.4) is 0 Å². The number of rotatable bonds is 7. The highest BCUT2D eigenvalue weighted by Gasteiger charge is 2.28. The van der Waals surface area contributed by atoms with Crippen molar-refractivity contribution >= 4 is 22.8 Å². The maximum absolute atomic E-state index is 12.3. The van der Waals surface area contributed by atoms with E-state index in [2.05, 4.69) is 70.8 Å². The van der Waals surface area contributed by atoms with E-state index in [0.29, 0.717) is 30.7 Å². The predicted molar refractivity (Wildman–Crippen MR) is 160 cm³/mol. The van der Waals surface area contributed by atoms with Gasteiger partial charge in [0.25, 0.3) is 0 Å². The molecule has 0 radical (unpaired) electrons. The summed E-state index contributed by atoms with van der Waals surface area (Å²) in [6, 6.07) is 15.4. The lowest BCUT2D eigenvalue weighted by Crippen LogP contribution is -2.40. The van der Waals surface area contributed by atoms with E-state index in [4.69, 9.17) is 15.6 Å². The van der Waals surface area contributed by atoms with Gasteiger partial charge in [-0.15, -0.1) is 0 Å². The largest absolute Gasteiger partial charge is 0.494 e. The van der Waals surface area contributed by atoms with E-state index in [1.807, 2.05) is 16.5 Å². The second kappa shape index (κ2) is 11.3. The zero-order valence-corrected chi connectivity index (χ0v) is 23.8. The molecule has 0 saturated carbocycles. The van der Waals surface area contributed by atoms with Crippen molar-refractivity contribution in [2.75, 3.05) is 32.0 Å². The molecule has 2 aliphatic heterocycles. The lowest BCUT2D eigenvalue weighted by Gasteiger charge is -2.35. The third kappa shape index (κ3) is 5.17. The minimum absolute atomic E-state index is 0.00514. The molecule has 2 atom stereocenters. The Bertz CT molecular complexity index is 1580. The van der Waals surface area contributed by atoms with E-state index in [-0.39, 0.29) is 11.9 Å². The van der Waals surface area contributed by atoms with E-state index >= 15 is 0 Å². The monoisotopic (exact) mass is 551 g/mol. The fraction of sp³-hybridized carbons (Fsp3) is 0.375. The molecule has 2 aromatic carbocycles. The maximum Gasteiger partial charge on any atom is 0.246 e. The van der Waals surface area contributed by atoms with Crippen molar-refractivity contribution in [2.45, 2.75) is 51.7 Å². The minimum atomic E-state index is -0.0575. The Morgan fingerprint density at radius 2 is 2.00 bits per heavy atom. The van der Waals surface area contributed by atoms with Gasteiger partial charge in [-0.05, 0) is 68.0 Å². The number of nitrogen functional groups attached to an aromatic ring is 1. The number of amides is 1. The van der Waals surface area contributed by atoms with Gasteiger partial charge in [-0.1, -0.05) is 36.9 Å². The van der Waals surface area contributed by atoms with Gasteiger partial charge in [0.15, 0.2) is 5.65 Å². The average molecular weight is 552 g/mol. The summed E-state index contributed by atoms with van der Waals surface area (Å²) >= 11 is 0. The zero-order valence-electron chi connectivity index (χ0n) is 23.8. The van der Waals surface area contributed by atoms with Crippen LogP contribution in [0.1, 0.15) is 55.5 Å². The van der Waals surface area contributed by atoms with E-state index in [1.54, 1.807) is 0 Å². The van der Waals surface area contributed by atoms with Crippen LogP contribution in [0.15, 0.2) is 61.4 Å². The molecule has 2 aromatic heterocycles. The summed E-state index contributed by atoms with van der Waals surface area (Å²) in [7, 11) is 0. The van der Waals surface area contributed by atoms with Gasteiger partial charge in [0, 0.05) is 37.8 Å². The summed E-state index contributed by atoms with van der Waals surface area (Å²) in [5.41, 5.74) is 12.8. The Hall–Kier alpha value is -4.24. The van der Waals surface area contributed by atoms with Crippen molar-refractivity contribution in [3.05, 3.63) is 78.1 Å². The second-order valence-electron chi connectivity index (χ2n) is 10.9. The van der Waals surface area contributed by atoms with Gasteiger partial charge in [0.05, 0.1) is 18.0 Å². The molecule has 2 N–H and O–H groups in total. The molecule has 9 nitrogen and oxygen atoms in total. The number of hydrogen-bond donors (Lipinski definition) is 1. The molecule has 2 unspecified atom stereocenters. The fourth-order valence-corrected chi connectivity index (χ4v) is 6.27. The number of aromatic nitrogens is 4. The summed E-state index contributed by atoms with van der Waals surface area (Å²) in [4.78, 5) is 25.5. The van der Waals surface area contributed by atoms with Crippen LogP contribution < -0.4 is 10.5 Å². The number of nitrogens with zero attached hydrogens (tertiary/aromatic N) is 6. The molecule has 4 heterocycles. The molecular formula is C32H37N7O2. The molecule has 212 valence electrons. The van der Waals surface area contributed by atoms with Crippen molar-refractivity contribution in [1.82, 2.24) is 29.5 Å². The van der Waals surface area contributed by atoms with Crippen LogP contribution in [-0.4, -0.2) is 61.7 Å². The third-order valence-corrected chi connectivity index (χ3v) is 8.45. The minimum Gasteiger partial charge on any atom is -0.494 e. The first kappa shape index (κ1) is 27.0. The van der Waals surface area contributed by atoms with Gasteiger partial charge < -0.3 is 15.4 Å². The standard InChI is InChI=1S/C32H37N7O2/c1-4-28(40)38-15-6-7-25(19-38)39-32-29(31(33)34-20-35-32)30(36-39)23-10-8-22(9-11-23)18-37-16-14-24-17-26(41-5-2)12-13-27(24)21(37)3/h4,8-13,17,20-21,25H,1,5-7,14-16,18-19H2,2-3H3,(H2,33,34,35). The Morgan fingerprint density at radius 1 is 1.17 bits per heavy atom. The highest BCUT2D eigenvalue weighted by atomic mass is 16.5. The van der Waals surface area contributed by atoms with Crippen LogP contribution in [0.2, 0.25) is 0 Å². The third-order valence-electron chi connectivity index (χ3n) is 8.45. The molecule has 4 aromatic rings.